The summed E-state index contributed by atoms with van der Waals surface area (Å²) in [4.78, 5) is 24.5. The average Bonchev–Trinajstić information content (AvgIpc) is 2.54. The van der Waals surface area contributed by atoms with Gasteiger partial charge in [-0.3, -0.25) is 9.59 Å². The summed E-state index contributed by atoms with van der Waals surface area (Å²) in [6, 6.07) is 8.93. The summed E-state index contributed by atoms with van der Waals surface area (Å²) in [6.07, 6.45) is 0.797. The molecular weight excluding hydrogens is 308 g/mol. The molecule has 0 bridgehead atoms. The fourth-order valence-electron chi connectivity index (χ4n) is 2.53. The van der Waals surface area contributed by atoms with Crippen molar-refractivity contribution in [1.82, 2.24) is 0 Å². The van der Waals surface area contributed by atoms with Crippen molar-refractivity contribution in [2.24, 2.45) is 10.8 Å². The van der Waals surface area contributed by atoms with Crippen LogP contribution < -0.4 is 4.74 Å². The Morgan fingerprint density at radius 1 is 1.08 bits per heavy atom. The molecular formula is C19H26O5. The van der Waals surface area contributed by atoms with E-state index in [4.69, 9.17) is 14.2 Å². The van der Waals surface area contributed by atoms with Gasteiger partial charge in [0.25, 0.3) is 5.95 Å². The normalized spacial score (nSPS) is 13.5. The summed E-state index contributed by atoms with van der Waals surface area (Å²) < 4.78 is 15.5. The number of carbonyl (C=O) groups excluding carboxylic acids is 2. The predicted molar refractivity (Wildman–Crippen MR) is 91.1 cm³/mol. The van der Waals surface area contributed by atoms with Crippen LogP contribution in [0.5, 0.6) is 5.75 Å². The van der Waals surface area contributed by atoms with Gasteiger partial charge in [-0.1, -0.05) is 25.1 Å². The van der Waals surface area contributed by atoms with E-state index in [1.54, 1.807) is 45.0 Å². The van der Waals surface area contributed by atoms with Gasteiger partial charge in [-0.2, -0.15) is 0 Å². The van der Waals surface area contributed by atoms with Crippen LogP contribution in [0.3, 0.4) is 0 Å². The number of para-hydroxylation sites is 1. The maximum absolute atomic E-state index is 12.6. The molecule has 0 aromatic heterocycles. The van der Waals surface area contributed by atoms with Crippen molar-refractivity contribution in [2.45, 2.75) is 40.5 Å². The second-order valence-electron chi connectivity index (χ2n) is 6.64. The van der Waals surface area contributed by atoms with Crippen molar-refractivity contribution in [3.05, 3.63) is 42.9 Å². The number of hydrogen-bond donors (Lipinski definition) is 0. The fraction of sp³-hybridized carbons (Fsp3) is 0.474. The third kappa shape index (κ3) is 5.11. The van der Waals surface area contributed by atoms with Crippen LogP contribution in [0.4, 0.5) is 0 Å². The molecule has 0 aliphatic carbocycles. The van der Waals surface area contributed by atoms with Crippen molar-refractivity contribution in [2.75, 3.05) is 7.11 Å². The molecule has 24 heavy (non-hydrogen) atoms. The lowest BCUT2D eigenvalue weighted by Crippen LogP contribution is -2.38. The molecule has 1 atom stereocenters. The molecule has 1 unspecified atom stereocenters. The molecule has 5 nitrogen and oxygen atoms in total. The highest BCUT2D eigenvalue weighted by Gasteiger charge is 2.43. The molecule has 132 valence electrons. The summed E-state index contributed by atoms with van der Waals surface area (Å²) in [5, 5.41) is 0. The third-order valence-corrected chi connectivity index (χ3v) is 4.02. The molecule has 0 amide bonds. The van der Waals surface area contributed by atoms with Gasteiger partial charge in [-0.25, -0.2) is 0 Å². The van der Waals surface area contributed by atoms with E-state index in [0.29, 0.717) is 18.6 Å². The largest absolute Gasteiger partial charge is 0.469 e. The van der Waals surface area contributed by atoms with Crippen molar-refractivity contribution >= 4 is 11.9 Å². The molecule has 0 heterocycles. The van der Waals surface area contributed by atoms with E-state index in [9.17, 15) is 9.59 Å². The van der Waals surface area contributed by atoms with Crippen molar-refractivity contribution in [1.29, 1.82) is 0 Å². The lowest BCUT2D eigenvalue weighted by molar-refractivity contribution is -0.161. The monoisotopic (exact) mass is 334 g/mol. The number of ether oxygens (including phenoxy) is 3. The Morgan fingerprint density at radius 3 is 2.17 bits per heavy atom. The van der Waals surface area contributed by atoms with Gasteiger partial charge in [-0.05, 0) is 52.3 Å². The highest BCUT2D eigenvalue weighted by atomic mass is 16.7. The molecule has 5 heteroatoms. The number of benzene rings is 1. The van der Waals surface area contributed by atoms with Gasteiger partial charge in [0.05, 0.1) is 17.9 Å². The quantitative estimate of drug-likeness (QED) is 0.529. The number of esters is 2. The summed E-state index contributed by atoms with van der Waals surface area (Å²) in [5.41, 5.74) is -1.67. The molecule has 0 aliphatic rings. The number of carbonyl (C=O) groups is 2. The van der Waals surface area contributed by atoms with Gasteiger partial charge in [0.2, 0.25) is 0 Å². The van der Waals surface area contributed by atoms with Crippen LogP contribution in [0, 0.1) is 10.8 Å². The number of hydrogen-bond acceptors (Lipinski definition) is 5. The average molecular weight is 334 g/mol. The lowest BCUT2D eigenvalue weighted by Gasteiger charge is -2.33. The molecule has 1 aromatic rings. The van der Waals surface area contributed by atoms with E-state index in [2.05, 4.69) is 6.58 Å². The maximum Gasteiger partial charge on any atom is 0.319 e. The Morgan fingerprint density at radius 2 is 1.67 bits per heavy atom. The Balaban J connectivity index is 2.78. The van der Waals surface area contributed by atoms with Crippen molar-refractivity contribution in [3.8, 4) is 5.75 Å². The predicted octanol–water partition coefficient (Wildman–Crippen LogP) is 4.09. The van der Waals surface area contributed by atoms with Gasteiger partial charge in [0.1, 0.15) is 5.75 Å². The highest BCUT2D eigenvalue weighted by Crippen LogP contribution is 2.38. The summed E-state index contributed by atoms with van der Waals surface area (Å²) in [5.74, 6) is -0.414. The van der Waals surface area contributed by atoms with Gasteiger partial charge in [0, 0.05) is 0 Å². The smallest absolute Gasteiger partial charge is 0.319 e. The van der Waals surface area contributed by atoms with Crippen LogP contribution in [-0.4, -0.2) is 19.0 Å². The van der Waals surface area contributed by atoms with Gasteiger partial charge in [-0.15, -0.1) is 0 Å². The van der Waals surface area contributed by atoms with Crippen molar-refractivity contribution in [3.63, 3.8) is 0 Å². The number of rotatable bonds is 8. The first-order valence-corrected chi connectivity index (χ1v) is 7.87. The van der Waals surface area contributed by atoms with E-state index < -0.39 is 16.8 Å². The minimum atomic E-state index is -0.860. The molecule has 1 aromatic carbocycles. The first-order valence-electron chi connectivity index (χ1n) is 7.87. The van der Waals surface area contributed by atoms with E-state index in [1.165, 1.54) is 7.11 Å². The zero-order valence-electron chi connectivity index (χ0n) is 15.0. The molecule has 1 rings (SSSR count). The third-order valence-electron chi connectivity index (χ3n) is 4.02. The summed E-state index contributed by atoms with van der Waals surface area (Å²) >= 11 is 0. The Bertz CT molecular complexity index is 591. The lowest BCUT2D eigenvalue weighted by atomic mass is 9.72. The molecule has 0 aliphatic heterocycles. The van der Waals surface area contributed by atoms with Gasteiger partial charge >= 0.3 is 11.9 Å². The van der Waals surface area contributed by atoms with Crippen LogP contribution in [0.2, 0.25) is 0 Å². The van der Waals surface area contributed by atoms with E-state index in [0.717, 1.165) is 0 Å². The SMILES string of the molecule is C=C(OC(=O)C(C)(CC)CC(C)(C)C(=O)OC)Oc1ccccc1. The van der Waals surface area contributed by atoms with E-state index >= 15 is 0 Å². The molecule has 0 N–H and O–H groups in total. The Hall–Kier alpha value is -2.30. The van der Waals surface area contributed by atoms with Crippen LogP contribution >= 0.6 is 0 Å². The standard InChI is InChI=1S/C19H26O5/c1-7-19(5,13-18(3,4)16(20)22-6)17(21)24-14(2)23-15-11-9-8-10-12-15/h8-12H,2,7,13H2,1,3-6H3. The van der Waals surface area contributed by atoms with Crippen LogP contribution in [0.25, 0.3) is 0 Å². The zero-order chi connectivity index (χ0) is 18.4. The number of methoxy groups -OCH3 is 1. The van der Waals surface area contributed by atoms with Crippen LogP contribution in [-0.2, 0) is 19.1 Å². The summed E-state index contributed by atoms with van der Waals surface area (Å²) in [7, 11) is 1.33. The molecule has 0 saturated carbocycles. The molecule has 0 saturated heterocycles. The minimum absolute atomic E-state index is 0.0956. The van der Waals surface area contributed by atoms with E-state index in [1.807, 2.05) is 13.0 Å². The van der Waals surface area contributed by atoms with Gasteiger partial charge < -0.3 is 14.2 Å². The van der Waals surface area contributed by atoms with Crippen molar-refractivity contribution < 1.29 is 23.8 Å². The first-order chi connectivity index (χ1) is 11.1. The van der Waals surface area contributed by atoms with Crippen LogP contribution in [0.1, 0.15) is 40.5 Å². The Labute approximate surface area is 143 Å². The molecule has 0 radical (unpaired) electrons. The molecule has 0 spiro atoms. The second-order valence-corrected chi connectivity index (χ2v) is 6.64. The fourth-order valence-corrected chi connectivity index (χ4v) is 2.53. The second kappa shape index (κ2) is 7.99. The summed E-state index contributed by atoms with van der Waals surface area (Å²) in [6.45, 7) is 10.7. The topological polar surface area (TPSA) is 61.8 Å². The van der Waals surface area contributed by atoms with Gasteiger partial charge in [0.15, 0.2) is 0 Å². The zero-order valence-corrected chi connectivity index (χ0v) is 15.0. The maximum atomic E-state index is 12.6. The Kier molecular flexibility index (Phi) is 6.58. The first kappa shape index (κ1) is 19.7. The van der Waals surface area contributed by atoms with E-state index in [-0.39, 0.29) is 11.9 Å². The highest BCUT2D eigenvalue weighted by molar-refractivity contribution is 5.80. The van der Waals surface area contributed by atoms with Crippen LogP contribution in [0.15, 0.2) is 42.9 Å². The molecule has 0 fully saturated rings. The minimum Gasteiger partial charge on any atom is -0.469 e.